The van der Waals surface area contributed by atoms with Gasteiger partial charge < -0.3 is 11.1 Å². The van der Waals surface area contributed by atoms with Crippen LogP contribution in [0.1, 0.15) is 12.2 Å². The van der Waals surface area contributed by atoms with Crippen molar-refractivity contribution in [1.29, 1.82) is 0 Å². The van der Waals surface area contributed by atoms with E-state index < -0.39 is 0 Å². The summed E-state index contributed by atoms with van der Waals surface area (Å²) in [7, 11) is 0. The fraction of sp³-hybridized carbons (Fsp3) is 0.357. The molecular formula is C14H17N5O. The monoisotopic (exact) mass is 271 g/mol. The Hall–Kier alpha value is -2.21. The molecule has 2 heterocycles. The minimum atomic E-state index is -0.0971. The van der Waals surface area contributed by atoms with Crippen molar-refractivity contribution in [1.82, 2.24) is 19.9 Å². The number of amides is 1. The van der Waals surface area contributed by atoms with E-state index in [1.54, 1.807) is 0 Å². The Morgan fingerprint density at radius 3 is 3.10 bits per heavy atom. The average molecular weight is 271 g/mol. The van der Waals surface area contributed by atoms with E-state index in [4.69, 9.17) is 5.73 Å². The third kappa shape index (κ3) is 2.55. The number of aromatic nitrogens is 3. The standard InChI is InChI=1S/C14H17N5O/c15-11-5-4-10(9-11)14(20)16-7-6-13-18-17-12-3-1-2-8-19(12)13/h1-5,8,10-11H,6-7,9,15H2,(H,16,20). The second-order valence-electron chi connectivity index (χ2n) is 4.98. The molecule has 0 spiro atoms. The normalized spacial score (nSPS) is 21.4. The summed E-state index contributed by atoms with van der Waals surface area (Å²) in [5.41, 5.74) is 6.56. The van der Waals surface area contributed by atoms with E-state index in [2.05, 4.69) is 15.5 Å². The first kappa shape index (κ1) is 12.8. The van der Waals surface area contributed by atoms with Crippen molar-refractivity contribution < 1.29 is 4.79 Å². The van der Waals surface area contributed by atoms with Crippen LogP contribution in [-0.4, -0.2) is 33.1 Å². The minimum absolute atomic E-state index is 0.00573. The Labute approximate surface area is 116 Å². The molecule has 0 aliphatic heterocycles. The lowest BCUT2D eigenvalue weighted by atomic mass is 10.1. The maximum absolute atomic E-state index is 11.9. The average Bonchev–Trinajstić information content (AvgIpc) is 3.06. The quantitative estimate of drug-likeness (QED) is 0.783. The summed E-state index contributed by atoms with van der Waals surface area (Å²) < 4.78 is 1.93. The number of nitrogens with zero attached hydrogens (tertiary/aromatic N) is 3. The summed E-state index contributed by atoms with van der Waals surface area (Å²) in [6.07, 6.45) is 7.03. The predicted molar refractivity (Wildman–Crippen MR) is 74.9 cm³/mol. The number of hydrogen-bond acceptors (Lipinski definition) is 4. The van der Waals surface area contributed by atoms with Crippen molar-refractivity contribution in [3.05, 3.63) is 42.4 Å². The molecule has 1 aliphatic rings. The molecule has 3 rings (SSSR count). The van der Waals surface area contributed by atoms with E-state index in [0.717, 1.165) is 11.5 Å². The van der Waals surface area contributed by atoms with Gasteiger partial charge in [0.1, 0.15) is 5.82 Å². The van der Waals surface area contributed by atoms with Gasteiger partial charge in [0.2, 0.25) is 5.91 Å². The Morgan fingerprint density at radius 1 is 1.40 bits per heavy atom. The molecule has 0 saturated carbocycles. The predicted octanol–water partition coefficient (Wildman–Crippen LogP) is 0.291. The fourth-order valence-corrected chi connectivity index (χ4v) is 2.41. The molecule has 0 radical (unpaired) electrons. The molecule has 0 fully saturated rings. The molecule has 0 aromatic carbocycles. The number of rotatable bonds is 4. The van der Waals surface area contributed by atoms with Gasteiger partial charge in [0.05, 0.1) is 5.92 Å². The molecule has 2 unspecified atom stereocenters. The molecule has 104 valence electrons. The van der Waals surface area contributed by atoms with Crippen molar-refractivity contribution in [3.8, 4) is 0 Å². The molecule has 20 heavy (non-hydrogen) atoms. The van der Waals surface area contributed by atoms with Crippen LogP contribution in [0, 0.1) is 5.92 Å². The summed E-state index contributed by atoms with van der Waals surface area (Å²) in [5, 5.41) is 11.1. The maximum Gasteiger partial charge on any atom is 0.227 e. The largest absolute Gasteiger partial charge is 0.355 e. The lowest BCUT2D eigenvalue weighted by molar-refractivity contribution is -0.123. The van der Waals surface area contributed by atoms with Gasteiger partial charge in [-0.3, -0.25) is 9.20 Å². The van der Waals surface area contributed by atoms with E-state index >= 15 is 0 Å². The zero-order valence-corrected chi connectivity index (χ0v) is 11.1. The van der Waals surface area contributed by atoms with Gasteiger partial charge in [-0.25, -0.2) is 0 Å². The van der Waals surface area contributed by atoms with Crippen LogP contribution in [0.3, 0.4) is 0 Å². The van der Waals surface area contributed by atoms with Gasteiger partial charge >= 0.3 is 0 Å². The number of carbonyl (C=O) groups excluding carboxylic acids is 1. The van der Waals surface area contributed by atoms with Gasteiger partial charge in [0.15, 0.2) is 5.65 Å². The molecule has 6 heteroatoms. The van der Waals surface area contributed by atoms with Gasteiger partial charge in [-0.15, -0.1) is 10.2 Å². The van der Waals surface area contributed by atoms with E-state index in [1.807, 2.05) is 40.9 Å². The first-order valence-corrected chi connectivity index (χ1v) is 6.74. The molecule has 2 aromatic heterocycles. The summed E-state index contributed by atoms with van der Waals surface area (Å²) in [5.74, 6) is 0.780. The Morgan fingerprint density at radius 2 is 2.30 bits per heavy atom. The molecule has 1 aliphatic carbocycles. The molecule has 0 saturated heterocycles. The van der Waals surface area contributed by atoms with Crippen LogP contribution in [0.25, 0.3) is 5.65 Å². The summed E-state index contributed by atoms with van der Waals surface area (Å²) >= 11 is 0. The maximum atomic E-state index is 11.9. The second kappa shape index (κ2) is 5.42. The molecule has 2 atom stereocenters. The number of fused-ring (bicyclic) bond motifs is 1. The highest BCUT2D eigenvalue weighted by molar-refractivity contribution is 5.81. The smallest absolute Gasteiger partial charge is 0.227 e. The first-order valence-electron chi connectivity index (χ1n) is 6.74. The summed E-state index contributed by atoms with van der Waals surface area (Å²) in [6.45, 7) is 0.550. The molecule has 3 N–H and O–H groups in total. The SMILES string of the molecule is NC1C=CC(C(=O)NCCc2nnc3ccccn23)C1. The highest BCUT2D eigenvalue weighted by atomic mass is 16.1. The zero-order valence-electron chi connectivity index (χ0n) is 11.1. The number of carbonyl (C=O) groups is 1. The zero-order chi connectivity index (χ0) is 13.9. The summed E-state index contributed by atoms with van der Waals surface area (Å²) in [4.78, 5) is 11.9. The number of nitrogens with one attached hydrogen (secondary N) is 1. The lowest BCUT2D eigenvalue weighted by Crippen LogP contribution is -2.32. The van der Waals surface area contributed by atoms with E-state index in [0.29, 0.717) is 19.4 Å². The molecule has 6 nitrogen and oxygen atoms in total. The van der Waals surface area contributed by atoms with Crippen LogP contribution >= 0.6 is 0 Å². The van der Waals surface area contributed by atoms with Gasteiger partial charge in [-0.05, 0) is 18.6 Å². The van der Waals surface area contributed by atoms with E-state index in [1.165, 1.54) is 0 Å². The lowest BCUT2D eigenvalue weighted by Gasteiger charge is -2.09. The van der Waals surface area contributed by atoms with E-state index in [-0.39, 0.29) is 17.9 Å². The first-order chi connectivity index (χ1) is 9.74. The minimum Gasteiger partial charge on any atom is -0.355 e. The summed E-state index contributed by atoms with van der Waals surface area (Å²) in [6, 6.07) is 5.76. The second-order valence-corrected chi connectivity index (χ2v) is 4.98. The van der Waals surface area contributed by atoms with Crippen molar-refractivity contribution in [3.63, 3.8) is 0 Å². The molecule has 1 amide bonds. The van der Waals surface area contributed by atoms with Crippen LogP contribution in [0.5, 0.6) is 0 Å². The van der Waals surface area contributed by atoms with Crippen molar-refractivity contribution in [2.24, 2.45) is 11.7 Å². The highest BCUT2D eigenvalue weighted by Crippen LogP contribution is 2.16. The van der Waals surface area contributed by atoms with E-state index in [9.17, 15) is 4.79 Å². The van der Waals surface area contributed by atoms with Crippen LogP contribution in [0.4, 0.5) is 0 Å². The topological polar surface area (TPSA) is 85.3 Å². The third-order valence-corrected chi connectivity index (χ3v) is 3.49. The van der Waals surface area contributed by atoms with Gasteiger partial charge in [0.25, 0.3) is 0 Å². The van der Waals surface area contributed by atoms with Crippen molar-refractivity contribution in [2.45, 2.75) is 18.9 Å². The van der Waals surface area contributed by atoms with Crippen molar-refractivity contribution in [2.75, 3.05) is 6.54 Å². The van der Waals surface area contributed by atoms with Crippen LogP contribution in [-0.2, 0) is 11.2 Å². The highest BCUT2D eigenvalue weighted by Gasteiger charge is 2.22. The Kier molecular flexibility index (Phi) is 3.47. The molecule has 0 bridgehead atoms. The third-order valence-electron chi connectivity index (χ3n) is 3.49. The van der Waals surface area contributed by atoms with Gasteiger partial charge in [0, 0.05) is 25.2 Å². The molecule has 2 aromatic rings. The Balaban J connectivity index is 1.55. The van der Waals surface area contributed by atoms with Crippen LogP contribution in [0.15, 0.2) is 36.5 Å². The van der Waals surface area contributed by atoms with Crippen LogP contribution in [0.2, 0.25) is 0 Å². The van der Waals surface area contributed by atoms with Crippen LogP contribution < -0.4 is 11.1 Å². The molecular weight excluding hydrogens is 254 g/mol. The Bertz CT molecular complexity index is 648. The van der Waals surface area contributed by atoms with Gasteiger partial charge in [-0.1, -0.05) is 18.2 Å². The van der Waals surface area contributed by atoms with Crippen molar-refractivity contribution >= 4 is 11.6 Å². The van der Waals surface area contributed by atoms with Gasteiger partial charge in [-0.2, -0.15) is 0 Å². The number of pyridine rings is 1. The number of hydrogen-bond donors (Lipinski definition) is 2. The number of nitrogens with two attached hydrogens (primary N) is 1. The fourth-order valence-electron chi connectivity index (χ4n) is 2.41.